The Kier molecular flexibility index (Phi) is 4.53. The molecule has 19 heavy (non-hydrogen) atoms. The lowest BCUT2D eigenvalue weighted by molar-refractivity contribution is -0.141. The molecule has 1 saturated carbocycles. The largest absolute Gasteiger partial charge is 0.469 e. The van der Waals surface area contributed by atoms with Crippen LogP contribution in [0.3, 0.4) is 0 Å². The van der Waals surface area contributed by atoms with Crippen molar-refractivity contribution in [2.75, 3.05) is 12.9 Å². The highest BCUT2D eigenvalue weighted by Gasteiger charge is 2.44. The number of rotatable bonds is 6. The second-order valence-electron chi connectivity index (χ2n) is 4.85. The fourth-order valence-electron chi connectivity index (χ4n) is 1.87. The van der Waals surface area contributed by atoms with Gasteiger partial charge in [-0.25, -0.2) is 0 Å². The number of ether oxygens (including phenoxy) is 1. The second kappa shape index (κ2) is 5.97. The van der Waals surface area contributed by atoms with Crippen molar-refractivity contribution in [2.45, 2.75) is 24.2 Å². The van der Waals surface area contributed by atoms with E-state index in [0.29, 0.717) is 17.0 Å². The maximum atomic E-state index is 11.3. The molecule has 0 heterocycles. The summed E-state index contributed by atoms with van der Waals surface area (Å²) in [7, 11) is 1.42. The van der Waals surface area contributed by atoms with Crippen LogP contribution in [0.5, 0.6) is 0 Å². The first-order valence-corrected chi connectivity index (χ1v) is 7.39. The lowest BCUT2D eigenvalue weighted by atomic mass is 10.1. The Morgan fingerprint density at radius 3 is 2.79 bits per heavy atom. The number of halogens is 1. The maximum Gasteiger partial charge on any atom is 0.306 e. The van der Waals surface area contributed by atoms with Gasteiger partial charge in [0.15, 0.2) is 0 Å². The summed E-state index contributed by atoms with van der Waals surface area (Å²) in [6, 6.07) is 5.27. The molecule has 1 aromatic rings. The lowest BCUT2D eigenvalue weighted by Crippen LogP contribution is -2.13. The minimum absolute atomic E-state index is 0.0738. The van der Waals surface area contributed by atoms with Gasteiger partial charge >= 0.3 is 5.97 Å². The molecule has 0 bridgehead atoms. The summed E-state index contributed by atoms with van der Waals surface area (Å²) in [5, 5.41) is 0.587. The molecule has 0 aliphatic heterocycles. The molecular weight excluding hydrogens is 284 g/mol. The van der Waals surface area contributed by atoms with Crippen molar-refractivity contribution >= 4 is 35.6 Å². The van der Waals surface area contributed by atoms with Crippen LogP contribution in [0.1, 0.15) is 29.6 Å². The standard InChI is InChI=1S/C14H15ClO3S/c1-18-13(17)7-14(4-5-14)9-19-12-3-2-10(8-16)6-11(12)15/h2-3,6,8H,4-5,7,9H2,1H3. The number of aldehydes is 1. The molecule has 0 radical (unpaired) electrons. The molecule has 0 N–H and O–H groups in total. The number of carbonyl (C=O) groups excluding carboxylic acids is 2. The first-order valence-electron chi connectivity index (χ1n) is 6.03. The molecule has 102 valence electrons. The van der Waals surface area contributed by atoms with Crippen LogP contribution in [0.4, 0.5) is 0 Å². The van der Waals surface area contributed by atoms with Crippen molar-refractivity contribution in [1.82, 2.24) is 0 Å². The van der Waals surface area contributed by atoms with Crippen LogP contribution in [0.15, 0.2) is 23.1 Å². The van der Waals surface area contributed by atoms with E-state index >= 15 is 0 Å². The highest BCUT2D eigenvalue weighted by molar-refractivity contribution is 7.99. The van der Waals surface area contributed by atoms with Crippen molar-refractivity contribution in [3.05, 3.63) is 28.8 Å². The minimum Gasteiger partial charge on any atom is -0.469 e. The van der Waals surface area contributed by atoms with Gasteiger partial charge < -0.3 is 4.74 Å². The van der Waals surface area contributed by atoms with Gasteiger partial charge in [0.2, 0.25) is 0 Å². The first-order chi connectivity index (χ1) is 9.08. The Balaban J connectivity index is 1.95. The Labute approximate surface area is 121 Å². The van der Waals surface area contributed by atoms with Crippen molar-refractivity contribution in [2.24, 2.45) is 5.41 Å². The highest BCUT2D eigenvalue weighted by Crippen LogP contribution is 2.52. The molecule has 0 spiro atoms. The predicted octanol–water partition coefficient (Wildman–Crippen LogP) is 3.59. The second-order valence-corrected chi connectivity index (χ2v) is 6.27. The number of methoxy groups -OCH3 is 1. The number of thioether (sulfide) groups is 1. The summed E-state index contributed by atoms with van der Waals surface area (Å²) in [5.74, 6) is 0.697. The number of hydrogen-bond donors (Lipinski definition) is 0. The van der Waals surface area contributed by atoms with E-state index in [1.807, 2.05) is 6.07 Å². The molecule has 0 unspecified atom stereocenters. The van der Waals surface area contributed by atoms with Gasteiger partial charge in [0, 0.05) is 16.2 Å². The molecular formula is C14H15ClO3S. The summed E-state index contributed by atoms with van der Waals surface area (Å²) < 4.78 is 4.72. The highest BCUT2D eigenvalue weighted by atomic mass is 35.5. The van der Waals surface area contributed by atoms with Crippen LogP contribution < -0.4 is 0 Å². The van der Waals surface area contributed by atoms with E-state index in [1.54, 1.807) is 23.9 Å². The summed E-state index contributed by atoms with van der Waals surface area (Å²) in [5.41, 5.74) is 0.648. The Hall–Kier alpha value is -1.00. The first kappa shape index (κ1) is 14.4. The van der Waals surface area contributed by atoms with Gasteiger partial charge in [0.1, 0.15) is 6.29 Å². The monoisotopic (exact) mass is 298 g/mol. The van der Waals surface area contributed by atoms with E-state index < -0.39 is 0 Å². The van der Waals surface area contributed by atoms with Gasteiger partial charge in [0.25, 0.3) is 0 Å². The third-order valence-corrected chi connectivity index (χ3v) is 5.18. The Morgan fingerprint density at radius 1 is 1.53 bits per heavy atom. The smallest absolute Gasteiger partial charge is 0.306 e. The number of esters is 1. The van der Waals surface area contributed by atoms with Gasteiger partial charge in [0.05, 0.1) is 18.6 Å². The van der Waals surface area contributed by atoms with Crippen molar-refractivity contribution < 1.29 is 14.3 Å². The van der Waals surface area contributed by atoms with E-state index in [4.69, 9.17) is 16.3 Å². The van der Waals surface area contributed by atoms with Crippen molar-refractivity contribution in [1.29, 1.82) is 0 Å². The van der Waals surface area contributed by atoms with Crippen LogP contribution >= 0.6 is 23.4 Å². The molecule has 1 aliphatic rings. The Morgan fingerprint density at radius 2 is 2.26 bits per heavy atom. The molecule has 3 nitrogen and oxygen atoms in total. The van der Waals surface area contributed by atoms with Gasteiger partial charge in [-0.15, -0.1) is 11.8 Å². The molecule has 1 aliphatic carbocycles. The average molecular weight is 299 g/mol. The topological polar surface area (TPSA) is 43.4 Å². The maximum absolute atomic E-state index is 11.3. The van der Waals surface area contributed by atoms with E-state index in [9.17, 15) is 9.59 Å². The number of benzene rings is 1. The third kappa shape index (κ3) is 3.74. The lowest BCUT2D eigenvalue weighted by Gasteiger charge is -2.13. The van der Waals surface area contributed by atoms with Crippen LogP contribution in [0.2, 0.25) is 5.02 Å². The zero-order valence-electron chi connectivity index (χ0n) is 10.6. The molecule has 0 amide bonds. The fourth-order valence-corrected chi connectivity index (χ4v) is 3.43. The van der Waals surface area contributed by atoms with Gasteiger partial charge in [-0.1, -0.05) is 17.7 Å². The van der Waals surface area contributed by atoms with Gasteiger partial charge in [-0.3, -0.25) is 9.59 Å². The summed E-state index contributed by atoms with van der Waals surface area (Å²) >= 11 is 7.75. The van der Waals surface area contributed by atoms with Crippen molar-refractivity contribution in [3.63, 3.8) is 0 Å². The average Bonchev–Trinajstić information content (AvgIpc) is 3.17. The quantitative estimate of drug-likeness (QED) is 0.457. The van der Waals surface area contributed by atoms with Crippen LogP contribution in [-0.2, 0) is 9.53 Å². The normalized spacial score (nSPS) is 15.9. The third-order valence-electron chi connectivity index (χ3n) is 3.33. The summed E-state index contributed by atoms with van der Waals surface area (Å²) in [4.78, 5) is 22.9. The molecule has 1 aromatic carbocycles. The predicted molar refractivity (Wildman–Crippen MR) is 75.9 cm³/mol. The number of carbonyl (C=O) groups is 2. The number of hydrogen-bond acceptors (Lipinski definition) is 4. The summed E-state index contributed by atoms with van der Waals surface area (Å²) in [6.45, 7) is 0. The molecule has 0 saturated heterocycles. The SMILES string of the molecule is COC(=O)CC1(CSc2ccc(C=O)cc2Cl)CC1. The van der Waals surface area contributed by atoms with Gasteiger partial charge in [-0.05, 0) is 30.4 Å². The fraction of sp³-hybridized carbons (Fsp3) is 0.429. The van der Waals surface area contributed by atoms with Crippen LogP contribution in [0, 0.1) is 5.41 Å². The minimum atomic E-state index is -0.152. The van der Waals surface area contributed by atoms with Gasteiger partial charge in [-0.2, -0.15) is 0 Å². The van der Waals surface area contributed by atoms with E-state index in [1.165, 1.54) is 7.11 Å². The zero-order valence-corrected chi connectivity index (χ0v) is 12.2. The molecule has 5 heteroatoms. The van der Waals surface area contributed by atoms with Crippen LogP contribution in [-0.4, -0.2) is 25.1 Å². The molecule has 1 fully saturated rings. The molecule has 0 atom stereocenters. The van der Waals surface area contributed by atoms with E-state index in [2.05, 4.69) is 0 Å². The van der Waals surface area contributed by atoms with E-state index in [0.717, 1.165) is 29.8 Å². The Bertz CT molecular complexity index is 497. The zero-order chi connectivity index (χ0) is 13.9. The molecule has 0 aromatic heterocycles. The van der Waals surface area contributed by atoms with E-state index in [-0.39, 0.29) is 11.4 Å². The summed E-state index contributed by atoms with van der Waals surface area (Å²) in [6.07, 6.45) is 3.36. The van der Waals surface area contributed by atoms with Crippen LogP contribution in [0.25, 0.3) is 0 Å². The molecule has 2 rings (SSSR count). The van der Waals surface area contributed by atoms with Crippen molar-refractivity contribution in [3.8, 4) is 0 Å².